The maximum absolute atomic E-state index is 14.4. The minimum atomic E-state index is -1.88. The van der Waals surface area contributed by atoms with Gasteiger partial charge in [-0.25, -0.2) is 9.59 Å². The minimum absolute atomic E-state index is 0.0248. The fourth-order valence-electron chi connectivity index (χ4n) is 7.55. The average Bonchev–Trinajstić information content (AvgIpc) is 3.33. The first-order chi connectivity index (χ1) is 33.8. The first-order valence-electron chi connectivity index (χ1n) is 24.0. The van der Waals surface area contributed by atoms with E-state index < -0.39 is 120 Å². The molecule has 2 rings (SSSR count). The molecule has 1 aromatic carbocycles. The summed E-state index contributed by atoms with van der Waals surface area (Å²) in [5.41, 5.74) is 12.4. The maximum atomic E-state index is 14.4. The third-order valence-electron chi connectivity index (χ3n) is 12.6. The molecule has 1 heterocycles. The van der Waals surface area contributed by atoms with Gasteiger partial charge in [-0.1, -0.05) is 102 Å². The Morgan fingerprint density at radius 1 is 0.861 bits per heavy atom. The van der Waals surface area contributed by atoms with Gasteiger partial charge in [0, 0.05) is 33.0 Å². The highest BCUT2D eigenvalue weighted by Gasteiger charge is 2.37. The topological polar surface area (TPSA) is 343 Å². The summed E-state index contributed by atoms with van der Waals surface area (Å²) < 4.78 is 5.82. The van der Waals surface area contributed by atoms with E-state index in [1.54, 1.807) is 27.0 Å². The molecule has 1 aliphatic heterocycles. The van der Waals surface area contributed by atoms with Crippen molar-refractivity contribution >= 4 is 59.2 Å². The van der Waals surface area contributed by atoms with Crippen molar-refractivity contribution in [1.29, 1.82) is 0 Å². The monoisotopic (exact) mass is 1010 g/mol. The highest BCUT2D eigenvalue weighted by Crippen LogP contribution is 2.19. The van der Waals surface area contributed by atoms with Crippen LogP contribution in [0, 0.1) is 23.7 Å². The number of methoxy groups -OCH3 is 1. The number of carboxylic acids is 2. The normalized spacial score (nSPS) is 25.5. The lowest BCUT2D eigenvalue weighted by Gasteiger charge is -2.29. The van der Waals surface area contributed by atoms with Gasteiger partial charge in [0.05, 0.1) is 24.0 Å². The van der Waals surface area contributed by atoms with E-state index in [0.717, 1.165) is 10.5 Å². The number of amides is 7. The Kier molecular flexibility index (Phi) is 25.4. The van der Waals surface area contributed by atoms with Crippen molar-refractivity contribution in [1.82, 2.24) is 36.8 Å². The number of carbonyl (C=O) groups excluding carboxylic acids is 7. The van der Waals surface area contributed by atoms with E-state index in [4.69, 9.17) is 16.2 Å². The number of aliphatic carboxylic acids is 2. The molecule has 22 nitrogen and oxygen atoms in total. The maximum Gasteiger partial charge on any atom is 0.327 e. The van der Waals surface area contributed by atoms with Gasteiger partial charge in [-0.2, -0.15) is 0 Å². The van der Waals surface area contributed by atoms with Crippen molar-refractivity contribution < 1.29 is 58.1 Å². The van der Waals surface area contributed by atoms with Gasteiger partial charge < -0.3 is 63.2 Å². The number of nitrogens with two attached hydrogens (primary N) is 2. The zero-order chi connectivity index (χ0) is 54.4. The number of allylic oxidation sites excluding steroid dienone is 2. The van der Waals surface area contributed by atoms with Crippen molar-refractivity contribution in [2.75, 3.05) is 20.7 Å². The summed E-state index contributed by atoms with van der Waals surface area (Å²) >= 11 is 0. The van der Waals surface area contributed by atoms with Crippen LogP contribution in [0.2, 0.25) is 0 Å². The van der Waals surface area contributed by atoms with E-state index in [0.29, 0.717) is 18.4 Å². The predicted octanol–water partition coefficient (Wildman–Crippen LogP) is 1.01. The standard InChI is InChI=1S/C50H76N10O12/c1-11-27(2)25-38-47(67)59-41(49(70)71)31(6)43(63)56-36(18-15-23-53-50(51)52)46(66)55-35(20-19-28(3)24-29(4)39(72-10)26-34-16-13-12-14-17-34)30(5)42(62)57-37(48(68)69)21-22-40(61)60(9)33(8)45(65)54-32(7)44(64)58-38/h12-14,16-17,19-20,24,27,29-32,35-39,41H,8,11,15,18,21-23,25-26H2,1-7,9-10H3,(H,54,65)(H,55,66)(H,56,63)(H,57,62)(H,58,64)(H,59,67)(H,68,69)(H,70,71)(H4,51,52,53)/b20-19+,28-24+/t27-,29-,30-,31-,32+,35?,36-,37?,38-,39-,41+/m0/s1. The van der Waals surface area contributed by atoms with Crippen LogP contribution in [0.25, 0.3) is 0 Å². The van der Waals surface area contributed by atoms with E-state index in [9.17, 15) is 53.4 Å². The van der Waals surface area contributed by atoms with Crippen LogP contribution in [0.15, 0.2) is 71.4 Å². The molecule has 1 fully saturated rings. The van der Waals surface area contributed by atoms with Crippen molar-refractivity contribution in [3.05, 3.63) is 72.0 Å². The Hall–Kier alpha value is -7.10. The smallest absolute Gasteiger partial charge is 0.327 e. The summed E-state index contributed by atoms with van der Waals surface area (Å²) in [7, 11) is 2.83. The molecule has 2 unspecified atom stereocenters. The van der Waals surface area contributed by atoms with E-state index in [2.05, 4.69) is 43.5 Å². The predicted molar refractivity (Wildman–Crippen MR) is 269 cm³/mol. The lowest BCUT2D eigenvalue weighted by atomic mass is 9.94. The van der Waals surface area contributed by atoms with E-state index >= 15 is 0 Å². The lowest BCUT2D eigenvalue weighted by molar-refractivity contribution is -0.146. The van der Waals surface area contributed by atoms with Crippen molar-refractivity contribution in [3.8, 4) is 0 Å². The second-order valence-electron chi connectivity index (χ2n) is 18.4. The van der Waals surface area contributed by atoms with Gasteiger partial charge in [0.15, 0.2) is 5.96 Å². The van der Waals surface area contributed by atoms with E-state index in [1.807, 2.05) is 50.3 Å². The summed E-state index contributed by atoms with van der Waals surface area (Å²) in [5.74, 6) is -12.5. The number of carboxylic acid groups (broad SMARTS) is 2. The number of nitrogens with zero attached hydrogens (tertiary/aromatic N) is 2. The second-order valence-corrected chi connectivity index (χ2v) is 18.4. The Morgan fingerprint density at radius 2 is 1.47 bits per heavy atom. The number of nitrogens with one attached hydrogen (secondary N) is 6. The summed E-state index contributed by atoms with van der Waals surface area (Å²) in [4.78, 5) is 126. The van der Waals surface area contributed by atoms with Gasteiger partial charge in [-0.15, -0.1) is 0 Å². The van der Waals surface area contributed by atoms with Crippen LogP contribution in [0.5, 0.6) is 0 Å². The Morgan fingerprint density at radius 3 is 2.06 bits per heavy atom. The third-order valence-corrected chi connectivity index (χ3v) is 12.6. The number of rotatable bonds is 16. The van der Waals surface area contributed by atoms with Crippen LogP contribution in [0.3, 0.4) is 0 Å². The first kappa shape index (κ1) is 61.0. The largest absolute Gasteiger partial charge is 0.480 e. The van der Waals surface area contributed by atoms with Crippen LogP contribution >= 0.6 is 0 Å². The molecule has 11 atom stereocenters. The average molecular weight is 1010 g/mol. The van der Waals surface area contributed by atoms with Gasteiger partial charge in [0.1, 0.15) is 35.9 Å². The molecule has 72 heavy (non-hydrogen) atoms. The van der Waals surface area contributed by atoms with Gasteiger partial charge in [-0.05, 0) is 57.4 Å². The molecule has 0 radical (unpaired) electrons. The van der Waals surface area contributed by atoms with E-state index in [-0.39, 0.29) is 49.7 Å². The van der Waals surface area contributed by atoms with Gasteiger partial charge >= 0.3 is 11.9 Å². The second kappa shape index (κ2) is 29.9. The number of guanidine groups is 1. The first-order valence-corrected chi connectivity index (χ1v) is 24.0. The molecule has 0 bridgehead atoms. The van der Waals surface area contributed by atoms with Gasteiger partial charge in [0.25, 0.3) is 5.91 Å². The molecule has 1 saturated heterocycles. The van der Waals surface area contributed by atoms with Crippen LogP contribution in [-0.2, 0) is 54.3 Å². The van der Waals surface area contributed by atoms with Crippen molar-refractivity contribution in [2.45, 2.75) is 136 Å². The molecule has 1 aromatic rings. The van der Waals surface area contributed by atoms with Gasteiger partial charge in [0.2, 0.25) is 35.4 Å². The van der Waals surface area contributed by atoms with Crippen LogP contribution < -0.4 is 43.4 Å². The van der Waals surface area contributed by atoms with Crippen LogP contribution in [0.4, 0.5) is 0 Å². The quantitative estimate of drug-likeness (QED) is 0.0364. The van der Waals surface area contributed by atoms with E-state index in [1.165, 1.54) is 33.9 Å². The highest BCUT2D eigenvalue weighted by atomic mass is 16.5. The Labute approximate surface area is 421 Å². The molecule has 398 valence electrons. The Balaban J connectivity index is 2.74. The third kappa shape index (κ3) is 20.0. The fraction of sp³-hybridized carbons (Fsp3) is 0.560. The number of hydrogen-bond donors (Lipinski definition) is 10. The van der Waals surface area contributed by atoms with Crippen molar-refractivity contribution in [2.24, 2.45) is 40.1 Å². The molecule has 0 aliphatic carbocycles. The number of hydrogen-bond acceptors (Lipinski definition) is 11. The van der Waals surface area contributed by atoms with Crippen molar-refractivity contribution in [3.63, 3.8) is 0 Å². The van der Waals surface area contributed by atoms with Gasteiger partial charge in [-0.3, -0.25) is 38.6 Å². The summed E-state index contributed by atoms with van der Waals surface area (Å²) in [6.45, 7) is 15.1. The molecule has 22 heteroatoms. The molecule has 0 saturated carbocycles. The molecule has 7 amide bonds. The number of aliphatic imine (C=N–C) groups is 1. The number of ether oxygens (including phenoxy) is 1. The summed E-state index contributed by atoms with van der Waals surface area (Å²) in [5, 5.41) is 35.6. The molecule has 0 aromatic heterocycles. The zero-order valence-electron chi connectivity index (χ0n) is 42.9. The van der Waals surface area contributed by atoms with Crippen LogP contribution in [-0.4, -0.2) is 137 Å². The molecule has 12 N–H and O–H groups in total. The van der Waals surface area contributed by atoms with Crippen LogP contribution in [0.1, 0.15) is 92.6 Å². The molecule has 1 aliphatic rings. The highest BCUT2D eigenvalue weighted by molar-refractivity contribution is 6.00. The minimum Gasteiger partial charge on any atom is -0.480 e. The fourth-order valence-corrected chi connectivity index (χ4v) is 7.55. The summed E-state index contributed by atoms with van der Waals surface area (Å²) in [6.07, 6.45) is 5.23. The summed E-state index contributed by atoms with van der Waals surface area (Å²) in [6, 6.07) is 1.01. The number of benzene rings is 1. The zero-order valence-corrected chi connectivity index (χ0v) is 42.9. The molecular weight excluding hydrogens is 933 g/mol. The number of carbonyl (C=O) groups is 9. The lowest BCUT2D eigenvalue weighted by Crippen LogP contribution is -2.59. The number of likely N-dealkylation sites (N-methyl/N-ethyl adjacent to an activating group) is 1. The molecule has 0 spiro atoms. The Bertz CT molecular complexity index is 2180. The molecular formula is C50H76N10O12. The SMILES string of the molecule is C=C1C(=O)N[C@H](C)C(=O)N[C@@H](C[C@@H](C)CC)C(=O)N[C@@H](C(=O)O)[C@H](C)C(=O)N[C@@H](CCCN=C(N)N)C(=O)NC(/C=C/C(C)=C/[C@H](C)[C@H](Cc2ccccc2)OC)[C@H](C)C(=O)NC(C(=O)O)CCC(=O)N1C.